The van der Waals surface area contributed by atoms with Gasteiger partial charge in [0.1, 0.15) is 11.7 Å². The first kappa shape index (κ1) is 9.46. The fourth-order valence-corrected chi connectivity index (χ4v) is 1.20. The third-order valence-corrected chi connectivity index (χ3v) is 2.03. The van der Waals surface area contributed by atoms with Gasteiger partial charge in [-0.25, -0.2) is 0 Å². The van der Waals surface area contributed by atoms with Crippen LogP contribution in [0.5, 0.6) is 5.75 Å². The standard InChI is InChI=1S/C10H14OS/c1-3-9-4-6-10(7-5-9)11-8-12-2/h4-7H,3,8H2,1-2H3. The molecule has 1 aromatic carbocycles. The SMILES string of the molecule is CCc1ccc(OCSC)cc1. The van der Waals surface area contributed by atoms with Crippen molar-refractivity contribution >= 4 is 11.8 Å². The topological polar surface area (TPSA) is 9.23 Å². The summed E-state index contributed by atoms with van der Waals surface area (Å²) in [4.78, 5) is 0. The van der Waals surface area contributed by atoms with Gasteiger partial charge >= 0.3 is 0 Å². The lowest BCUT2D eigenvalue weighted by atomic mass is 10.2. The van der Waals surface area contributed by atoms with Crippen LogP contribution in [0.2, 0.25) is 0 Å². The minimum atomic E-state index is 0.728. The fraction of sp³-hybridized carbons (Fsp3) is 0.400. The van der Waals surface area contributed by atoms with Crippen molar-refractivity contribution in [2.24, 2.45) is 0 Å². The molecule has 12 heavy (non-hydrogen) atoms. The predicted molar refractivity (Wildman–Crippen MR) is 54.8 cm³/mol. The molecule has 0 aliphatic heterocycles. The number of benzene rings is 1. The number of aryl methyl sites for hydroxylation is 1. The molecule has 0 fully saturated rings. The van der Waals surface area contributed by atoms with Crippen molar-refractivity contribution in [3.05, 3.63) is 29.8 Å². The largest absolute Gasteiger partial charge is 0.483 e. The van der Waals surface area contributed by atoms with Gasteiger partial charge in [0.15, 0.2) is 0 Å². The third kappa shape index (κ3) is 2.78. The molecule has 0 saturated heterocycles. The molecule has 0 atom stereocenters. The molecule has 0 heterocycles. The van der Waals surface area contributed by atoms with Crippen LogP contribution < -0.4 is 4.74 Å². The molecule has 0 unspecified atom stereocenters. The van der Waals surface area contributed by atoms with Crippen molar-refractivity contribution in [2.45, 2.75) is 13.3 Å². The fourth-order valence-electron chi connectivity index (χ4n) is 0.948. The first-order valence-electron chi connectivity index (χ1n) is 4.07. The Morgan fingerprint density at radius 2 is 1.92 bits per heavy atom. The Balaban J connectivity index is 2.53. The van der Waals surface area contributed by atoms with E-state index < -0.39 is 0 Å². The van der Waals surface area contributed by atoms with Gasteiger partial charge in [0, 0.05) is 0 Å². The van der Waals surface area contributed by atoms with Crippen molar-refractivity contribution in [1.29, 1.82) is 0 Å². The van der Waals surface area contributed by atoms with Crippen LogP contribution in [0.25, 0.3) is 0 Å². The Labute approximate surface area is 78.1 Å². The van der Waals surface area contributed by atoms with Crippen LogP contribution in [0.15, 0.2) is 24.3 Å². The summed E-state index contributed by atoms with van der Waals surface area (Å²) < 4.78 is 5.42. The second kappa shape index (κ2) is 5.09. The van der Waals surface area contributed by atoms with Crippen LogP contribution in [0.1, 0.15) is 12.5 Å². The third-order valence-electron chi connectivity index (χ3n) is 1.68. The molecule has 0 radical (unpaired) electrons. The Morgan fingerprint density at radius 3 is 2.42 bits per heavy atom. The van der Waals surface area contributed by atoms with Crippen LogP contribution >= 0.6 is 11.8 Å². The maximum atomic E-state index is 5.42. The summed E-state index contributed by atoms with van der Waals surface area (Å²) in [7, 11) is 0. The lowest BCUT2D eigenvalue weighted by Gasteiger charge is -2.03. The number of hydrogen-bond acceptors (Lipinski definition) is 2. The number of ether oxygens (including phenoxy) is 1. The average Bonchev–Trinajstić information content (AvgIpc) is 2.15. The van der Waals surface area contributed by atoms with Crippen LogP contribution in [-0.4, -0.2) is 12.2 Å². The summed E-state index contributed by atoms with van der Waals surface area (Å²) >= 11 is 1.68. The summed E-state index contributed by atoms with van der Waals surface area (Å²) in [5, 5.41) is 0. The van der Waals surface area contributed by atoms with Crippen LogP contribution in [-0.2, 0) is 6.42 Å². The predicted octanol–water partition coefficient (Wildman–Crippen LogP) is 2.95. The molecule has 2 heteroatoms. The van der Waals surface area contributed by atoms with Gasteiger partial charge in [-0.05, 0) is 30.4 Å². The zero-order chi connectivity index (χ0) is 8.81. The van der Waals surface area contributed by atoms with Gasteiger partial charge in [-0.15, -0.1) is 11.8 Å². The van der Waals surface area contributed by atoms with Gasteiger partial charge < -0.3 is 4.74 Å². The van der Waals surface area contributed by atoms with E-state index in [-0.39, 0.29) is 0 Å². The summed E-state index contributed by atoms with van der Waals surface area (Å²) in [6.45, 7) is 2.15. The van der Waals surface area contributed by atoms with Crippen LogP contribution in [0.4, 0.5) is 0 Å². The Hall–Kier alpha value is -0.630. The van der Waals surface area contributed by atoms with Gasteiger partial charge in [-0.2, -0.15) is 0 Å². The number of rotatable bonds is 4. The molecule has 1 aromatic rings. The molecule has 1 nitrogen and oxygen atoms in total. The Bertz CT molecular complexity index is 218. The van der Waals surface area contributed by atoms with Crippen molar-refractivity contribution in [2.75, 3.05) is 12.2 Å². The van der Waals surface area contributed by atoms with E-state index >= 15 is 0 Å². The monoisotopic (exact) mass is 182 g/mol. The zero-order valence-corrected chi connectivity index (χ0v) is 8.36. The van der Waals surface area contributed by atoms with Gasteiger partial charge in [0.25, 0.3) is 0 Å². The first-order valence-corrected chi connectivity index (χ1v) is 5.47. The highest BCUT2D eigenvalue weighted by Gasteiger charge is 1.92. The molecule has 66 valence electrons. The van der Waals surface area contributed by atoms with E-state index in [1.54, 1.807) is 11.8 Å². The van der Waals surface area contributed by atoms with E-state index in [9.17, 15) is 0 Å². The lowest BCUT2D eigenvalue weighted by molar-refractivity contribution is 0.393. The Kier molecular flexibility index (Phi) is 4.01. The van der Waals surface area contributed by atoms with E-state index in [4.69, 9.17) is 4.74 Å². The number of thioether (sulfide) groups is 1. The molecule has 0 aliphatic carbocycles. The smallest absolute Gasteiger partial charge is 0.133 e. The van der Waals surface area contributed by atoms with Crippen molar-refractivity contribution in [3.8, 4) is 5.75 Å². The molecule has 1 rings (SSSR count). The normalized spacial score (nSPS) is 9.83. The van der Waals surface area contributed by atoms with Gasteiger partial charge in [-0.3, -0.25) is 0 Å². The minimum absolute atomic E-state index is 0.728. The summed E-state index contributed by atoms with van der Waals surface area (Å²) in [6, 6.07) is 8.26. The molecular weight excluding hydrogens is 168 g/mol. The molecule has 0 saturated carbocycles. The maximum Gasteiger partial charge on any atom is 0.133 e. The quantitative estimate of drug-likeness (QED) is 0.662. The van der Waals surface area contributed by atoms with Gasteiger partial charge in [0.2, 0.25) is 0 Å². The van der Waals surface area contributed by atoms with E-state index in [2.05, 4.69) is 19.1 Å². The van der Waals surface area contributed by atoms with E-state index in [0.29, 0.717) is 0 Å². The van der Waals surface area contributed by atoms with Crippen molar-refractivity contribution < 1.29 is 4.74 Å². The van der Waals surface area contributed by atoms with Gasteiger partial charge in [0.05, 0.1) is 0 Å². The number of hydrogen-bond donors (Lipinski definition) is 0. The molecule has 0 amide bonds. The second-order valence-corrected chi connectivity index (χ2v) is 3.36. The molecule has 0 spiro atoms. The maximum absolute atomic E-state index is 5.42. The first-order chi connectivity index (χ1) is 5.86. The molecule has 0 aliphatic rings. The molecular formula is C10H14OS. The Morgan fingerprint density at radius 1 is 1.25 bits per heavy atom. The van der Waals surface area contributed by atoms with Crippen LogP contribution in [0, 0.1) is 0 Å². The summed E-state index contributed by atoms with van der Waals surface area (Å²) in [5.41, 5.74) is 1.35. The molecule has 0 bridgehead atoms. The van der Waals surface area contributed by atoms with Crippen molar-refractivity contribution in [1.82, 2.24) is 0 Å². The zero-order valence-electron chi connectivity index (χ0n) is 7.54. The highest BCUT2D eigenvalue weighted by molar-refractivity contribution is 7.98. The summed E-state index contributed by atoms with van der Waals surface area (Å²) in [5.74, 6) is 1.69. The summed E-state index contributed by atoms with van der Waals surface area (Å²) in [6.07, 6.45) is 3.11. The van der Waals surface area contributed by atoms with E-state index in [1.165, 1.54) is 5.56 Å². The van der Waals surface area contributed by atoms with Crippen LogP contribution in [0.3, 0.4) is 0 Å². The lowest BCUT2D eigenvalue weighted by Crippen LogP contribution is -1.91. The highest BCUT2D eigenvalue weighted by atomic mass is 32.2. The molecule has 0 N–H and O–H groups in total. The van der Waals surface area contributed by atoms with Crippen molar-refractivity contribution in [3.63, 3.8) is 0 Å². The highest BCUT2D eigenvalue weighted by Crippen LogP contribution is 2.13. The molecule has 0 aromatic heterocycles. The second-order valence-electron chi connectivity index (χ2n) is 2.55. The van der Waals surface area contributed by atoms with E-state index in [0.717, 1.165) is 18.1 Å². The van der Waals surface area contributed by atoms with Gasteiger partial charge in [-0.1, -0.05) is 19.1 Å². The average molecular weight is 182 g/mol. The minimum Gasteiger partial charge on any atom is -0.483 e. The van der Waals surface area contributed by atoms with E-state index in [1.807, 2.05) is 18.4 Å².